The summed E-state index contributed by atoms with van der Waals surface area (Å²) in [5.41, 5.74) is 0.851. The zero-order chi connectivity index (χ0) is 13.0. The monoisotopic (exact) mass is 266 g/mol. The number of rotatable bonds is 7. The highest BCUT2D eigenvalue weighted by Crippen LogP contribution is 2.24. The van der Waals surface area contributed by atoms with Crippen molar-refractivity contribution in [2.24, 2.45) is 0 Å². The summed E-state index contributed by atoms with van der Waals surface area (Å²) in [7, 11) is 9.16. The van der Waals surface area contributed by atoms with E-state index in [1.807, 2.05) is 0 Å². The van der Waals surface area contributed by atoms with Crippen molar-refractivity contribution >= 4 is 17.2 Å². The molecule has 0 saturated heterocycles. The lowest BCUT2D eigenvalue weighted by Crippen LogP contribution is -2.64. The molecule has 0 aliphatic rings. The summed E-state index contributed by atoms with van der Waals surface area (Å²) in [6.45, 7) is 2.28. The van der Waals surface area contributed by atoms with E-state index in [1.54, 1.807) is 21.3 Å². The maximum Gasteiger partial charge on any atom is 0.499 e. The topological polar surface area (TPSA) is 34.2 Å². The zero-order valence-corrected chi connectivity index (χ0v) is 13.8. The molecular formula is C9H26N2O3Si2. The maximum absolute atomic E-state index is 5.51. The molecule has 0 bridgehead atoms. The first-order chi connectivity index (χ1) is 7.28. The van der Waals surface area contributed by atoms with E-state index in [4.69, 9.17) is 13.3 Å². The minimum absolute atomic E-state index is 0.851. The summed E-state index contributed by atoms with van der Waals surface area (Å²) in [5.74, 6) is 0. The summed E-state index contributed by atoms with van der Waals surface area (Å²) in [6.07, 6.45) is 0. The van der Waals surface area contributed by atoms with E-state index in [2.05, 4.69) is 43.9 Å². The Labute approximate surface area is 102 Å². The fraction of sp³-hybridized carbons (Fsp3) is 1.00. The molecule has 0 aliphatic carbocycles. The molecule has 0 aromatic carbocycles. The third-order valence-electron chi connectivity index (χ3n) is 3.41. The van der Waals surface area contributed by atoms with Gasteiger partial charge < -0.3 is 22.4 Å². The summed E-state index contributed by atoms with van der Waals surface area (Å²) < 4.78 is 21.1. The van der Waals surface area contributed by atoms with E-state index in [9.17, 15) is 0 Å². The highest BCUT2D eigenvalue weighted by Gasteiger charge is 2.49. The largest absolute Gasteiger partial charge is 0.499 e. The SMILES string of the molecule is CO[Si](C[Si](C)(N(C)C)N(C)C)(OC)OC. The summed E-state index contributed by atoms with van der Waals surface area (Å²) >= 11 is 0. The molecule has 0 spiro atoms. The molecule has 0 aliphatic heterocycles. The molecular weight excluding hydrogens is 240 g/mol. The highest BCUT2D eigenvalue weighted by atomic mass is 28.4. The van der Waals surface area contributed by atoms with Gasteiger partial charge in [-0.3, -0.25) is 0 Å². The van der Waals surface area contributed by atoms with Gasteiger partial charge in [-0.25, -0.2) is 0 Å². The second-order valence-corrected chi connectivity index (χ2v) is 12.7. The van der Waals surface area contributed by atoms with Crippen molar-refractivity contribution in [2.45, 2.75) is 12.2 Å². The molecule has 0 N–H and O–H groups in total. The van der Waals surface area contributed by atoms with Crippen LogP contribution in [-0.4, -0.2) is 75.9 Å². The normalized spacial score (nSPS) is 13.9. The Morgan fingerprint density at radius 2 is 1.12 bits per heavy atom. The lowest BCUT2D eigenvalue weighted by atomic mass is 11.2. The fourth-order valence-electron chi connectivity index (χ4n) is 1.59. The van der Waals surface area contributed by atoms with Crippen LogP contribution in [0, 0.1) is 0 Å². The van der Waals surface area contributed by atoms with Crippen molar-refractivity contribution in [3.05, 3.63) is 0 Å². The van der Waals surface area contributed by atoms with E-state index in [-0.39, 0.29) is 0 Å². The molecule has 16 heavy (non-hydrogen) atoms. The predicted octanol–water partition coefficient (Wildman–Crippen LogP) is 0.599. The third kappa shape index (κ3) is 3.36. The maximum atomic E-state index is 5.51. The molecule has 0 aromatic heterocycles. The van der Waals surface area contributed by atoms with Crippen LogP contribution in [0.15, 0.2) is 0 Å². The van der Waals surface area contributed by atoms with E-state index in [1.165, 1.54) is 0 Å². The first-order valence-electron chi connectivity index (χ1n) is 5.28. The second-order valence-electron chi connectivity index (χ2n) is 4.48. The van der Waals surface area contributed by atoms with Gasteiger partial charge in [0.25, 0.3) is 0 Å². The standard InChI is InChI=1S/C9H26N2O3Si2/c1-10(2)15(8,11(3)4)9-16(12-5,13-6)14-7/h9H2,1-8H3. The van der Waals surface area contributed by atoms with Crippen LogP contribution in [0.2, 0.25) is 12.2 Å². The minimum atomic E-state index is -2.50. The van der Waals surface area contributed by atoms with E-state index < -0.39 is 17.2 Å². The van der Waals surface area contributed by atoms with Crippen molar-refractivity contribution in [3.8, 4) is 0 Å². The molecule has 0 saturated carbocycles. The molecule has 0 rings (SSSR count). The lowest BCUT2D eigenvalue weighted by Gasteiger charge is -2.42. The van der Waals surface area contributed by atoms with Gasteiger partial charge in [-0.05, 0) is 34.7 Å². The summed E-state index contributed by atoms with van der Waals surface area (Å²) in [6, 6.07) is 0. The van der Waals surface area contributed by atoms with Crippen molar-refractivity contribution in [1.82, 2.24) is 9.13 Å². The van der Waals surface area contributed by atoms with Gasteiger partial charge in [0.1, 0.15) is 0 Å². The molecule has 7 heteroatoms. The quantitative estimate of drug-likeness (QED) is 0.631. The van der Waals surface area contributed by atoms with Gasteiger partial charge in [0.2, 0.25) is 8.40 Å². The van der Waals surface area contributed by atoms with Gasteiger partial charge >= 0.3 is 8.80 Å². The molecule has 0 amide bonds. The summed E-state index contributed by atoms with van der Waals surface area (Å²) in [4.78, 5) is 0. The fourth-order valence-corrected chi connectivity index (χ4v) is 10.4. The molecule has 5 nitrogen and oxygen atoms in total. The Bertz CT molecular complexity index is 195. The van der Waals surface area contributed by atoms with Crippen LogP contribution < -0.4 is 0 Å². The van der Waals surface area contributed by atoms with E-state index in [0.29, 0.717) is 0 Å². The van der Waals surface area contributed by atoms with Gasteiger partial charge in [0, 0.05) is 27.0 Å². The lowest BCUT2D eigenvalue weighted by molar-refractivity contribution is 0.127. The number of nitrogens with zero attached hydrogens (tertiary/aromatic N) is 2. The van der Waals surface area contributed by atoms with Gasteiger partial charge in [0.05, 0.1) is 0 Å². The van der Waals surface area contributed by atoms with E-state index >= 15 is 0 Å². The Kier molecular flexibility index (Phi) is 6.33. The zero-order valence-electron chi connectivity index (χ0n) is 11.8. The molecule has 0 unspecified atom stereocenters. The van der Waals surface area contributed by atoms with Crippen LogP contribution in [0.3, 0.4) is 0 Å². The van der Waals surface area contributed by atoms with Gasteiger partial charge in [-0.15, -0.1) is 0 Å². The Hall–Kier alpha value is 0.234. The molecule has 0 atom stereocenters. The Balaban J connectivity index is 4.99. The average molecular weight is 266 g/mol. The second kappa shape index (κ2) is 6.24. The van der Waals surface area contributed by atoms with Crippen molar-refractivity contribution < 1.29 is 13.3 Å². The number of hydrogen-bond donors (Lipinski definition) is 0. The summed E-state index contributed by atoms with van der Waals surface area (Å²) in [5, 5.41) is 0. The van der Waals surface area contributed by atoms with Gasteiger partial charge in [0.15, 0.2) is 0 Å². The van der Waals surface area contributed by atoms with Crippen molar-refractivity contribution in [1.29, 1.82) is 0 Å². The Morgan fingerprint density at radius 3 is 1.31 bits per heavy atom. The molecule has 0 fully saturated rings. The molecule has 0 radical (unpaired) electrons. The smallest absolute Gasteiger partial charge is 0.377 e. The van der Waals surface area contributed by atoms with Gasteiger partial charge in [-0.1, -0.05) is 0 Å². The van der Waals surface area contributed by atoms with Crippen molar-refractivity contribution in [3.63, 3.8) is 0 Å². The third-order valence-corrected chi connectivity index (χ3v) is 13.5. The van der Waals surface area contributed by atoms with E-state index in [0.717, 1.165) is 5.67 Å². The van der Waals surface area contributed by atoms with Crippen molar-refractivity contribution in [2.75, 3.05) is 49.5 Å². The van der Waals surface area contributed by atoms with Crippen LogP contribution in [0.5, 0.6) is 0 Å². The van der Waals surface area contributed by atoms with Gasteiger partial charge in [-0.2, -0.15) is 0 Å². The van der Waals surface area contributed by atoms with Crippen LogP contribution in [0.25, 0.3) is 0 Å². The van der Waals surface area contributed by atoms with Crippen LogP contribution in [0.1, 0.15) is 0 Å². The van der Waals surface area contributed by atoms with Crippen LogP contribution in [-0.2, 0) is 13.3 Å². The minimum Gasteiger partial charge on any atom is -0.377 e. The molecule has 0 aromatic rings. The number of hydrogen-bond acceptors (Lipinski definition) is 5. The predicted molar refractivity (Wildman–Crippen MR) is 70.6 cm³/mol. The molecule has 98 valence electrons. The molecule has 0 heterocycles. The first kappa shape index (κ1) is 16.2. The van der Waals surface area contributed by atoms with Crippen LogP contribution in [0.4, 0.5) is 0 Å². The Morgan fingerprint density at radius 1 is 0.812 bits per heavy atom. The average Bonchev–Trinajstić information content (AvgIpc) is 2.25. The first-order valence-corrected chi connectivity index (χ1v) is 9.81. The van der Waals surface area contributed by atoms with Crippen LogP contribution >= 0.6 is 0 Å². The highest BCUT2D eigenvalue weighted by molar-refractivity contribution is 6.86.